The van der Waals surface area contributed by atoms with Crippen LogP contribution in [0.4, 0.5) is 10.1 Å². The van der Waals surface area contributed by atoms with Gasteiger partial charge in [-0.05, 0) is 32.4 Å². The molecule has 0 aliphatic carbocycles. The monoisotopic (exact) mass is 363 g/mol. The van der Waals surface area contributed by atoms with Crippen molar-refractivity contribution in [3.63, 3.8) is 0 Å². The average Bonchev–Trinajstić information content (AvgIpc) is 2.61. The molecule has 0 amide bonds. The number of hydrogen-bond acceptors (Lipinski definition) is 5. The Hall–Kier alpha value is -2.51. The summed E-state index contributed by atoms with van der Waals surface area (Å²) in [5.41, 5.74) is -0.392. The predicted molar refractivity (Wildman–Crippen MR) is 94.6 cm³/mol. The molecule has 140 valence electrons. The second-order valence-corrected chi connectivity index (χ2v) is 6.48. The van der Waals surface area contributed by atoms with Gasteiger partial charge in [-0.15, -0.1) is 0 Å². The Morgan fingerprint density at radius 2 is 1.88 bits per heavy atom. The number of aliphatic hydroxyl groups is 1. The van der Waals surface area contributed by atoms with Crippen molar-refractivity contribution in [2.24, 2.45) is 0 Å². The van der Waals surface area contributed by atoms with Crippen molar-refractivity contribution in [3.05, 3.63) is 69.5 Å². The van der Waals surface area contributed by atoms with Crippen LogP contribution in [0, 0.1) is 22.9 Å². The first-order valence-corrected chi connectivity index (χ1v) is 8.14. The van der Waals surface area contributed by atoms with Crippen LogP contribution in [0.2, 0.25) is 0 Å². The van der Waals surface area contributed by atoms with E-state index in [2.05, 4.69) is 0 Å². The van der Waals surface area contributed by atoms with Gasteiger partial charge in [0.2, 0.25) is 0 Å². The van der Waals surface area contributed by atoms with Gasteiger partial charge in [-0.3, -0.25) is 10.1 Å². The zero-order chi connectivity index (χ0) is 19.3. The zero-order valence-corrected chi connectivity index (χ0v) is 14.9. The third-order valence-electron chi connectivity index (χ3n) is 4.17. The number of nitrogens with zero attached hydrogens (tertiary/aromatic N) is 1. The van der Waals surface area contributed by atoms with Gasteiger partial charge in [-0.1, -0.05) is 30.3 Å². The quantitative estimate of drug-likeness (QED) is 0.570. The highest BCUT2D eigenvalue weighted by atomic mass is 19.1. The van der Waals surface area contributed by atoms with Gasteiger partial charge in [-0.25, -0.2) is 4.39 Å². The van der Waals surface area contributed by atoms with Gasteiger partial charge in [0, 0.05) is 6.07 Å². The van der Waals surface area contributed by atoms with Crippen molar-refractivity contribution in [2.75, 3.05) is 6.61 Å². The summed E-state index contributed by atoms with van der Waals surface area (Å²) in [5, 5.41) is 21.2. The molecule has 2 aromatic rings. The summed E-state index contributed by atoms with van der Waals surface area (Å²) in [7, 11) is 0. The van der Waals surface area contributed by atoms with Crippen LogP contribution < -0.4 is 4.74 Å². The number of aliphatic hydroxyl groups excluding tert-OH is 1. The smallest absolute Gasteiger partial charge is 0.275 e. The van der Waals surface area contributed by atoms with E-state index in [4.69, 9.17) is 9.47 Å². The minimum Gasteiger partial charge on any atom is -0.488 e. The molecular weight excluding hydrogens is 341 g/mol. The molecule has 0 spiro atoms. The summed E-state index contributed by atoms with van der Waals surface area (Å²) in [6.45, 7) is 4.83. The van der Waals surface area contributed by atoms with Gasteiger partial charge in [-0.2, -0.15) is 0 Å². The fourth-order valence-corrected chi connectivity index (χ4v) is 2.27. The SMILES string of the molecule is Cc1c([N+](=O)[O-])ccc(OC[C@H](O)C(C)(C)OCc2ccccc2)c1F. The molecule has 6 nitrogen and oxygen atoms in total. The van der Waals surface area contributed by atoms with E-state index >= 15 is 0 Å². The first kappa shape index (κ1) is 19.8. The molecule has 0 saturated heterocycles. The maximum atomic E-state index is 14.2. The van der Waals surface area contributed by atoms with Gasteiger partial charge in [0.05, 0.1) is 22.7 Å². The number of hydrogen-bond donors (Lipinski definition) is 1. The van der Waals surface area contributed by atoms with E-state index in [0.717, 1.165) is 5.56 Å². The molecule has 7 heteroatoms. The van der Waals surface area contributed by atoms with Gasteiger partial charge in [0.25, 0.3) is 5.69 Å². The predicted octanol–water partition coefficient (Wildman–Crippen LogP) is 3.78. The Labute approximate surface area is 151 Å². The second kappa shape index (κ2) is 8.25. The molecule has 0 aliphatic rings. The van der Waals surface area contributed by atoms with Gasteiger partial charge in [0.15, 0.2) is 11.6 Å². The van der Waals surface area contributed by atoms with Crippen molar-refractivity contribution >= 4 is 5.69 Å². The fourth-order valence-electron chi connectivity index (χ4n) is 2.27. The molecule has 0 radical (unpaired) electrons. The minimum atomic E-state index is -1.03. The van der Waals surface area contributed by atoms with Crippen LogP contribution >= 0.6 is 0 Å². The fraction of sp³-hybridized carbons (Fsp3) is 0.368. The first-order chi connectivity index (χ1) is 12.2. The number of nitro groups is 1. The van der Waals surface area contributed by atoms with Crippen LogP contribution in [0.5, 0.6) is 5.75 Å². The summed E-state index contributed by atoms with van der Waals surface area (Å²) >= 11 is 0. The van der Waals surface area contributed by atoms with Crippen LogP contribution in [0.25, 0.3) is 0 Å². The van der Waals surface area contributed by atoms with Crippen molar-refractivity contribution in [2.45, 2.75) is 39.1 Å². The molecule has 0 bridgehead atoms. The molecule has 1 atom stereocenters. The molecule has 0 unspecified atom stereocenters. The molecule has 0 aromatic heterocycles. The Kier molecular flexibility index (Phi) is 6.28. The summed E-state index contributed by atoms with van der Waals surface area (Å²) in [4.78, 5) is 10.2. The highest BCUT2D eigenvalue weighted by Gasteiger charge is 2.30. The Morgan fingerprint density at radius 3 is 2.50 bits per heavy atom. The lowest BCUT2D eigenvalue weighted by atomic mass is 10.0. The van der Waals surface area contributed by atoms with E-state index in [1.165, 1.54) is 19.1 Å². The zero-order valence-electron chi connectivity index (χ0n) is 14.9. The Bertz CT molecular complexity index is 764. The average molecular weight is 363 g/mol. The van der Waals surface area contributed by atoms with E-state index in [1.807, 2.05) is 30.3 Å². The molecule has 0 aliphatic heterocycles. The maximum Gasteiger partial charge on any atom is 0.275 e. The summed E-state index contributed by atoms with van der Waals surface area (Å²) in [6, 6.07) is 11.9. The van der Waals surface area contributed by atoms with E-state index in [0.29, 0.717) is 6.61 Å². The number of rotatable bonds is 8. The third-order valence-corrected chi connectivity index (χ3v) is 4.17. The summed E-state index contributed by atoms with van der Waals surface area (Å²) in [5.74, 6) is -0.958. The van der Waals surface area contributed by atoms with E-state index in [9.17, 15) is 19.6 Å². The lowest BCUT2D eigenvalue weighted by Crippen LogP contribution is -2.42. The highest BCUT2D eigenvalue weighted by Crippen LogP contribution is 2.28. The summed E-state index contributed by atoms with van der Waals surface area (Å²) < 4.78 is 25.3. The van der Waals surface area contributed by atoms with Crippen molar-refractivity contribution in [1.82, 2.24) is 0 Å². The molecule has 2 aromatic carbocycles. The van der Waals surface area contributed by atoms with Gasteiger partial charge < -0.3 is 14.6 Å². The number of halogens is 1. The second-order valence-electron chi connectivity index (χ2n) is 6.48. The standard InChI is InChI=1S/C19H22FNO5/c1-13-15(21(23)24)9-10-16(18(13)20)25-12-17(22)19(2,3)26-11-14-7-5-4-6-8-14/h4-10,17,22H,11-12H2,1-3H3/t17-/m0/s1. The molecule has 2 rings (SSSR count). The van der Waals surface area contributed by atoms with Crippen LogP contribution in [-0.4, -0.2) is 28.3 Å². The van der Waals surface area contributed by atoms with E-state index in [-0.39, 0.29) is 23.6 Å². The van der Waals surface area contributed by atoms with Crippen molar-refractivity contribution < 1.29 is 23.9 Å². The maximum absolute atomic E-state index is 14.2. The third kappa shape index (κ3) is 4.77. The molecule has 26 heavy (non-hydrogen) atoms. The first-order valence-electron chi connectivity index (χ1n) is 8.14. The normalized spacial score (nSPS) is 12.7. The van der Waals surface area contributed by atoms with Gasteiger partial charge in [0.1, 0.15) is 12.7 Å². The lowest BCUT2D eigenvalue weighted by Gasteiger charge is -2.30. The van der Waals surface area contributed by atoms with Crippen molar-refractivity contribution in [1.29, 1.82) is 0 Å². The van der Waals surface area contributed by atoms with E-state index < -0.39 is 22.4 Å². The molecule has 0 fully saturated rings. The lowest BCUT2D eigenvalue weighted by molar-refractivity contribution is -0.385. The van der Waals surface area contributed by atoms with Crippen LogP contribution in [0.3, 0.4) is 0 Å². The van der Waals surface area contributed by atoms with Crippen molar-refractivity contribution in [3.8, 4) is 5.75 Å². The number of benzene rings is 2. The molecule has 0 heterocycles. The molecular formula is C19H22FNO5. The van der Waals surface area contributed by atoms with Crippen LogP contribution in [0.15, 0.2) is 42.5 Å². The van der Waals surface area contributed by atoms with E-state index in [1.54, 1.807) is 13.8 Å². The molecule has 1 N–H and O–H groups in total. The van der Waals surface area contributed by atoms with Gasteiger partial charge >= 0.3 is 0 Å². The largest absolute Gasteiger partial charge is 0.488 e. The summed E-state index contributed by atoms with van der Waals surface area (Å²) in [6.07, 6.45) is -1.03. The Balaban J connectivity index is 1.97. The minimum absolute atomic E-state index is 0.110. The highest BCUT2D eigenvalue weighted by molar-refractivity contribution is 5.45. The number of ether oxygens (including phenoxy) is 2. The number of nitro benzene ring substituents is 1. The van der Waals surface area contributed by atoms with Crippen LogP contribution in [-0.2, 0) is 11.3 Å². The Morgan fingerprint density at radius 1 is 1.23 bits per heavy atom. The topological polar surface area (TPSA) is 81.8 Å². The van der Waals surface area contributed by atoms with Crippen LogP contribution in [0.1, 0.15) is 25.0 Å². The molecule has 0 saturated carbocycles.